The Morgan fingerprint density at radius 1 is 1.53 bits per heavy atom. The maximum absolute atomic E-state index is 12.9. The molecular weight excluding hydrogens is 245 g/mol. The predicted octanol–water partition coefficient (Wildman–Crippen LogP) is 2.81. The highest BCUT2D eigenvalue weighted by molar-refractivity contribution is 8.00. The number of hydrogen-bond donors (Lipinski definition) is 0. The van der Waals surface area contributed by atoms with Crippen LogP contribution >= 0.6 is 11.8 Å². The van der Waals surface area contributed by atoms with Crippen LogP contribution in [0.4, 0.5) is 10.1 Å². The molecule has 1 heterocycles. The molecule has 1 fully saturated rings. The SMILES string of the molecule is O=C(c1ccc(F)cc1[N+](=O)[O-])C1CCCS1. The molecule has 1 aliphatic heterocycles. The molecule has 1 unspecified atom stereocenters. The van der Waals surface area contributed by atoms with E-state index in [-0.39, 0.29) is 16.6 Å². The minimum absolute atomic E-state index is 0.0100. The van der Waals surface area contributed by atoms with Gasteiger partial charge in [0.1, 0.15) is 5.82 Å². The smallest absolute Gasteiger partial charge is 0.283 e. The average Bonchev–Trinajstić information content (AvgIpc) is 2.81. The quantitative estimate of drug-likeness (QED) is 0.473. The molecule has 0 bridgehead atoms. The number of ketones is 1. The Balaban J connectivity index is 2.36. The lowest BCUT2D eigenvalue weighted by Gasteiger charge is -2.07. The molecule has 1 atom stereocenters. The Kier molecular flexibility index (Phi) is 3.42. The van der Waals surface area contributed by atoms with Crippen LogP contribution in [-0.2, 0) is 0 Å². The first kappa shape index (κ1) is 12.0. The van der Waals surface area contributed by atoms with E-state index >= 15 is 0 Å². The molecule has 1 saturated heterocycles. The van der Waals surface area contributed by atoms with Gasteiger partial charge in [0.15, 0.2) is 5.78 Å². The zero-order chi connectivity index (χ0) is 12.4. The van der Waals surface area contributed by atoms with E-state index in [0.29, 0.717) is 0 Å². The first-order chi connectivity index (χ1) is 8.09. The fourth-order valence-corrected chi connectivity index (χ4v) is 3.05. The van der Waals surface area contributed by atoms with E-state index < -0.39 is 16.4 Å². The fraction of sp³-hybridized carbons (Fsp3) is 0.364. The molecule has 0 saturated carbocycles. The summed E-state index contributed by atoms with van der Waals surface area (Å²) in [5.41, 5.74) is -0.432. The minimum atomic E-state index is -0.712. The summed E-state index contributed by atoms with van der Waals surface area (Å²) in [7, 11) is 0. The summed E-state index contributed by atoms with van der Waals surface area (Å²) in [6.07, 6.45) is 1.67. The molecule has 2 rings (SSSR count). The van der Waals surface area contributed by atoms with Gasteiger partial charge in [0.25, 0.3) is 5.69 Å². The third kappa shape index (κ3) is 2.46. The number of nitrogens with zero attached hydrogens (tertiary/aromatic N) is 1. The highest BCUT2D eigenvalue weighted by Crippen LogP contribution is 2.31. The van der Waals surface area contributed by atoms with Crippen molar-refractivity contribution in [2.75, 3.05) is 5.75 Å². The Morgan fingerprint density at radius 3 is 2.88 bits per heavy atom. The summed E-state index contributed by atoms with van der Waals surface area (Å²) in [6, 6.07) is 3.08. The number of nitro benzene ring substituents is 1. The first-order valence-electron chi connectivity index (χ1n) is 5.19. The molecule has 90 valence electrons. The number of nitro groups is 1. The van der Waals surface area contributed by atoms with E-state index in [1.165, 1.54) is 17.8 Å². The largest absolute Gasteiger partial charge is 0.293 e. The van der Waals surface area contributed by atoms with Crippen molar-refractivity contribution in [3.63, 3.8) is 0 Å². The molecule has 0 N–H and O–H groups in total. The van der Waals surface area contributed by atoms with Crippen molar-refractivity contribution < 1.29 is 14.1 Å². The van der Waals surface area contributed by atoms with Crippen molar-refractivity contribution in [3.8, 4) is 0 Å². The second-order valence-corrected chi connectivity index (χ2v) is 5.10. The van der Waals surface area contributed by atoms with Crippen LogP contribution < -0.4 is 0 Å². The number of hydrogen-bond acceptors (Lipinski definition) is 4. The van der Waals surface area contributed by atoms with Gasteiger partial charge in [-0.3, -0.25) is 14.9 Å². The molecule has 17 heavy (non-hydrogen) atoms. The van der Waals surface area contributed by atoms with Crippen LogP contribution in [0.5, 0.6) is 0 Å². The molecule has 0 amide bonds. The van der Waals surface area contributed by atoms with Crippen molar-refractivity contribution in [2.45, 2.75) is 18.1 Å². The van der Waals surface area contributed by atoms with Gasteiger partial charge in [0.05, 0.1) is 21.8 Å². The number of thioether (sulfide) groups is 1. The number of halogens is 1. The molecule has 0 radical (unpaired) electrons. The van der Waals surface area contributed by atoms with Gasteiger partial charge >= 0.3 is 0 Å². The fourth-order valence-electron chi connectivity index (χ4n) is 1.82. The van der Waals surface area contributed by atoms with Gasteiger partial charge in [0.2, 0.25) is 0 Å². The number of Topliss-reactive ketones (excluding diaryl/α,β-unsaturated/α-hetero) is 1. The second-order valence-electron chi connectivity index (χ2n) is 3.78. The Bertz CT molecular complexity index is 472. The van der Waals surface area contributed by atoms with Crippen molar-refractivity contribution in [2.24, 2.45) is 0 Å². The number of rotatable bonds is 3. The minimum Gasteiger partial charge on any atom is -0.293 e. The Morgan fingerprint density at radius 2 is 2.29 bits per heavy atom. The lowest BCUT2D eigenvalue weighted by atomic mass is 10.0. The molecule has 1 aliphatic rings. The molecule has 0 aliphatic carbocycles. The van der Waals surface area contributed by atoms with E-state index in [2.05, 4.69) is 0 Å². The van der Waals surface area contributed by atoms with Gasteiger partial charge in [-0.15, -0.1) is 0 Å². The van der Waals surface area contributed by atoms with Crippen LogP contribution in [0.25, 0.3) is 0 Å². The van der Waals surface area contributed by atoms with Crippen LogP contribution in [0.15, 0.2) is 18.2 Å². The lowest BCUT2D eigenvalue weighted by Crippen LogP contribution is -2.15. The zero-order valence-electron chi connectivity index (χ0n) is 8.89. The molecular formula is C11H10FNO3S. The van der Waals surface area contributed by atoms with Gasteiger partial charge in [-0.1, -0.05) is 0 Å². The Hall–Kier alpha value is -1.43. The van der Waals surface area contributed by atoms with E-state index in [9.17, 15) is 19.3 Å². The lowest BCUT2D eigenvalue weighted by molar-refractivity contribution is -0.385. The van der Waals surface area contributed by atoms with Gasteiger partial charge in [-0.2, -0.15) is 11.8 Å². The van der Waals surface area contributed by atoms with Crippen molar-refractivity contribution in [1.82, 2.24) is 0 Å². The maximum Gasteiger partial charge on any atom is 0.283 e. The normalized spacial score (nSPS) is 19.2. The monoisotopic (exact) mass is 255 g/mol. The van der Waals surface area contributed by atoms with Gasteiger partial charge in [0, 0.05) is 0 Å². The van der Waals surface area contributed by atoms with Gasteiger partial charge in [-0.25, -0.2) is 4.39 Å². The molecule has 4 nitrogen and oxygen atoms in total. The topological polar surface area (TPSA) is 60.2 Å². The van der Waals surface area contributed by atoms with Crippen LogP contribution in [0, 0.1) is 15.9 Å². The summed E-state index contributed by atoms with van der Waals surface area (Å²) in [4.78, 5) is 22.1. The Labute approximate surface area is 101 Å². The highest BCUT2D eigenvalue weighted by atomic mass is 32.2. The van der Waals surface area contributed by atoms with Crippen molar-refractivity contribution in [3.05, 3.63) is 39.7 Å². The second kappa shape index (κ2) is 4.83. The third-order valence-electron chi connectivity index (χ3n) is 2.64. The standard InChI is InChI=1S/C11H10FNO3S/c12-7-3-4-8(9(6-7)13(15)16)11(14)10-2-1-5-17-10/h3-4,6,10H,1-2,5H2. The molecule has 1 aromatic carbocycles. The highest BCUT2D eigenvalue weighted by Gasteiger charge is 2.29. The maximum atomic E-state index is 12.9. The number of benzene rings is 1. The van der Waals surface area contributed by atoms with Gasteiger partial charge < -0.3 is 0 Å². The van der Waals surface area contributed by atoms with Crippen LogP contribution in [0.2, 0.25) is 0 Å². The number of carbonyl (C=O) groups is 1. The van der Waals surface area contributed by atoms with Crippen molar-refractivity contribution in [1.29, 1.82) is 0 Å². The molecule has 0 aromatic heterocycles. The van der Waals surface area contributed by atoms with E-state index in [4.69, 9.17) is 0 Å². The average molecular weight is 255 g/mol. The van der Waals surface area contributed by atoms with E-state index in [1.54, 1.807) is 0 Å². The third-order valence-corrected chi connectivity index (χ3v) is 4.02. The van der Waals surface area contributed by atoms with Crippen molar-refractivity contribution >= 4 is 23.2 Å². The predicted molar refractivity (Wildman–Crippen MR) is 62.9 cm³/mol. The van der Waals surface area contributed by atoms with E-state index in [1.807, 2.05) is 0 Å². The summed E-state index contributed by atoms with van der Waals surface area (Å²) >= 11 is 1.50. The van der Waals surface area contributed by atoms with Crippen LogP contribution in [0.3, 0.4) is 0 Å². The summed E-state index contributed by atoms with van der Waals surface area (Å²) in [5.74, 6) is -0.0719. The van der Waals surface area contributed by atoms with Gasteiger partial charge in [-0.05, 0) is 30.7 Å². The number of carbonyl (C=O) groups excluding carboxylic acids is 1. The molecule has 6 heteroatoms. The zero-order valence-corrected chi connectivity index (χ0v) is 9.71. The summed E-state index contributed by atoms with van der Waals surface area (Å²) in [5, 5.41) is 10.6. The summed E-state index contributed by atoms with van der Waals surface area (Å²) in [6.45, 7) is 0. The molecule has 0 spiro atoms. The van der Waals surface area contributed by atoms with Crippen LogP contribution in [-0.4, -0.2) is 21.7 Å². The summed E-state index contributed by atoms with van der Waals surface area (Å²) < 4.78 is 12.9. The van der Waals surface area contributed by atoms with E-state index in [0.717, 1.165) is 30.7 Å². The van der Waals surface area contributed by atoms with Crippen LogP contribution in [0.1, 0.15) is 23.2 Å². The first-order valence-corrected chi connectivity index (χ1v) is 6.24. The molecule has 1 aromatic rings.